The van der Waals surface area contributed by atoms with Crippen LogP contribution in [0, 0.1) is 11.6 Å². The molecule has 0 fully saturated rings. The molecule has 4 rings (SSSR count). The predicted molar refractivity (Wildman–Crippen MR) is 103 cm³/mol. The van der Waals surface area contributed by atoms with E-state index in [1.165, 1.54) is 0 Å². The fourth-order valence-corrected chi connectivity index (χ4v) is 3.47. The average Bonchev–Trinajstić information content (AvgIpc) is 2.94. The number of hydrogen-bond donors (Lipinski definition) is 2. The van der Waals surface area contributed by atoms with Gasteiger partial charge in [-0.3, -0.25) is 14.5 Å². The van der Waals surface area contributed by atoms with Gasteiger partial charge in [0.15, 0.2) is 5.60 Å². The summed E-state index contributed by atoms with van der Waals surface area (Å²) in [6, 6.07) is 17.8. The Morgan fingerprint density at radius 3 is 2.41 bits per heavy atom. The van der Waals surface area contributed by atoms with Crippen molar-refractivity contribution in [2.45, 2.75) is 5.60 Å². The normalized spacial score (nSPS) is 17.9. The highest BCUT2D eigenvalue weighted by Gasteiger charge is 2.51. The molecular weight excluding hydrogens is 378 g/mol. The molecule has 1 atom stereocenters. The van der Waals surface area contributed by atoms with E-state index in [2.05, 4.69) is 5.32 Å². The van der Waals surface area contributed by atoms with E-state index in [0.29, 0.717) is 22.9 Å². The number of halogens is 2. The monoisotopic (exact) mass is 394 g/mol. The minimum atomic E-state index is -1.93. The van der Waals surface area contributed by atoms with E-state index in [-0.39, 0.29) is 5.69 Å². The Kier molecular flexibility index (Phi) is 4.60. The van der Waals surface area contributed by atoms with Gasteiger partial charge in [-0.15, -0.1) is 0 Å². The number of benzene rings is 3. The summed E-state index contributed by atoms with van der Waals surface area (Å²) in [6.07, 6.45) is 0. The van der Waals surface area contributed by atoms with Crippen molar-refractivity contribution in [1.29, 1.82) is 0 Å². The molecule has 0 radical (unpaired) electrons. The van der Waals surface area contributed by atoms with Crippen LogP contribution in [0.15, 0.2) is 72.8 Å². The van der Waals surface area contributed by atoms with Crippen LogP contribution in [0.1, 0.15) is 11.1 Å². The Morgan fingerprint density at radius 2 is 1.69 bits per heavy atom. The van der Waals surface area contributed by atoms with Gasteiger partial charge in [0.2, 0.25) is 5.91 Å². The van der Waals surface area contributed by atoms with Gasteiger partial charge < -0.3 is 10.4 Å². The first-order valence-corrected chi connectivity index (χ1v) is 8.85. The fraction of sp³-hybridized carbons (Fsp3) is 0.0909. The van der Waals surface area contributed by atoms with Crippen LogP contribution in [0.4, 0.5) is 20.2 Å². The molecule has 2 amide bonds. The van der Waals surface area contributed by atoms with E-state index >= 15 is 0 Å². The summed E-state index contributed by atoms with van der Waals surface area (Å²) in [6.45, 7) is -0.443. The zero-order chi connectivity index (χ0) is 20.6. The van der Waals surface area contributed by atoms with Gasteiger partial charge in [-0.25, -0.2) is 8.78 Å². The molecule has 5 nitrogen and oxygen atoms in total. The maximum Gasteiger partial charge on any atom is 0.268 e. The molecule has 2 N–H and O–H groups in total. The minimum absolute atomic E-state index is 0.199. The molecule has 0 aromatic heterocycles. The molecule has 0 saturated heterocycles. The molecule has 3 aromatic rings. The molecule has 0 aliphatic carbocycles. The lowest BCUT2D eigenvalue weighted by Gasteiger charge is -2.23. The standard InChI is InChI=1S/C22H16F2N2O3/c23-15-10-11-18(17(24)12-15)25-20(27)13-26-19-9-5-4-8-16(19)22(29,21(26)28)14-6-2-1-3-7-14/h1-12,29H,13H2,(H,25,27)/t22-/m1/s1. The second-order valence-electron chi connectivity index (χ2n) is 6.66. The van der Waals surface area contributed by atoms with Crippen LogP contribution >= 0.6 is 0 Å². The van der Waals surface area contributed by atoms with E-state index in [1.54, 1.807) is 54.6 Å². The smallest absolute Gasteiger partial charge is 0.268 e. The Labute approximate surface area is 165 Å². The van der Waals surface area contributed by atoms with Gasteiger partial charge in [0, 0.05) is 11.6 Å². The Balaban J connectivity index is 1.65. The summed E-state index contributed by atoms with van der Waals surface area (Å²) in [5.74, 6) is -3.06. The van der Waals surface area contributed by atoms with Crippen LogP contribution in [-0.4, -0.2) is 23.5 Å². The highest BCUT2D eigenvalue weighted by molar-refractivity contribution is 6.12. The van der Waals surface area contributed by atoms with E-state index in [0.717, 1.165) is 17.0 Å². The molecule has 1 aliphatic rings. The van der Waals surface area contributed by atoms with E-state index in [9.17, 15) is 23.5 Å². The van der Waals surface area contributed by atoms with Crippen molar-refractivity contribution in [2.24, 2.45) is 0 Å². The largest absolute Gasteiger partial charge is 0.372 e. The highest BCUT2D eigenvalue weighted by Crippen LogP contribution is 2.44. The molecule has 29 heavy (non-hydrogen) atoms. The number of nitrogens with zero attached hydrogens (tertiary/aromatic N) is 1. The predicted octanol–water partition coefficient (Wildman–Crippen LogP) is 3.19. The van der Waals surface area contributed by atoms with Gasteiger partial charge in [-0.1, -0.05) is 48.5 Å². The SMILES string of the molecule is O=C(CN1C(=O)[C@@](O)(c2ccccc2)c2ccccc21)Nc1ccc(F)cc1F. The summed E-state index contributed by atoms with van der Waals surface area (Å²) in [5.41, 5.74) is -1.01. The van der Waals surface area contributed by atoms with Crippen LogP contribution in [0.2, 0.25) is 0 Å². The second-order valence-corrected chi connectivity index (χ2v) is 6.66. The van der Waals surface area contributed by atoms with E-state index < -0.39 is 35.6 Å². The minimum Gasteiger partial charge on any atom is -0.372 e. The van der Waals surface area contributed by atoms with Gasteiger partial charge in [-0.2, -0.15) is 0 Å². The van der Waals surface area contributed by atoms with Crippen molar-refractivity contribution in [3.05, 3.63) is 95.6 Å². The summed E-state index contributed by atoms with van der Waals surface area (Å²) in [7, 11) is 0. The van der Waals surface area contributed by atoms with Gasteiger partial charge in [0.25, 0.3) is 5.91 Å². The first kappa shape index (κ1) is 18.8. The van der Waals surface area contributed by atoms with Crippen molar-refractivity contribution < 1.29 is 23.5 Å². The third kappa shape index (κ3) is 3.15. The topological polar surface area (TPSA) is 69.6 Å². The zero-order valence-corrected chi connectivity index (χ0v) is 15.1. The molecule has 0 bridgehead atoms. The number of rotatable bonds is 4. The average molecular weight is 394 g/mol. The number of nitrogens with one attached hydrogen (secondary N) is 1. The third-order valence-electron chi connectivity index (χ3n) is 4.84. The lowest BCUT2D eigenvalue weighted by atomic mass is 9.88. The summed E-state index contributed by atoms with van der Waals surface area (Å²) >= 11 is 0. The van der Waals surface area contributed by atoms with Crippen molar-refractivity contribution in [2.75, 3.05) is 16.8 Å². The van der Waals surface area contributed by atoms with Gasteiger partial charge in [-0.05, 0) is 23.8 Å². The molecule has 0 spiro atoms. The number of hydrogen-bond acceptors (Lipinski definition) is 3. The van der Waals surface area contributed by atoms with E-state index in [1.807, 2.05) is 0 Å². The van der Waals surface area contributed by atoms with Crippen LogP contribution < -0.4 is 10.2 Å². The maximum atomic E-state index is 13.8. The summed E-state index contributed by atoms with van der Waals surface area (Å²) in [5, 5.41) is 13.6. The molecule has 3 aromatic carbocycles. The Morgan fingerprint density at radius 1 is 1.00 bits per heavy atom. The van der Waals surface area contributed by atoms with Crippen LogP contribution in [0.5, 0.6) is 0 Å². The Hall–Kier alpha value is -3.58. The number of carbonyl (C=O) groups excluding carboxylic acids is 2. The molecule has 7 heteroatoms. The third-order valence-corrected chi connectivity index (χ3v) is 4.84. The number of aliphatic hydroxyl groups is 1. The van der Waals surface area contributed by atoms with Crippen LogP contribution in [0.3, 0.4) is 0 Å². The van der Waals surface area contributed by atoms with Crippen LogP contribution in [0.25, 0.3) is 0 Å². The first-order valence-electron chi connectivity index (χ1n) is 8.85. The number of carbonyl (C=O) groups is 2. The number of amides is 2. The Bertz CT molecular complexity index is 1100. The maximum absolute atomic E-state index is 13.8. The molecule has 1 aliphatic heterocycles. The molecule has 0 unspecified atom stereocenters. The van der Waals surface area contributed by atoms with Gasteiger partial charge in [0.05, 0.1) is 11.4 Å². The first-order chi connectivity index (χ1) is 13.9. The lowest BCUT2D eigenvalue weighted by Crippen LogP contribution is -2.44. The molecular formula is C22H16F2N2O3. The second kappa shape index (κ2) is 7.10. The van der Waals surface area contributed by atoms with Crippen molar-refractivity contribution >= 4 is 23.2 Å². The number of fused-ring (bicyclic) bond motifs is 1. The fourth-order valence-electron chi connectivity index (χ4n) is 3.47. The zero-order valence-electron chi connectivity index (χ0n) is 15.1. The quantitative estimate of drug-likeness (QED) is 0.714. The molecule has 1 heterocycles. The summed E-state index contributed by atoms with van der Waals surface area (Å²) in [4.78, 5) is 26.8. The van der Waals surface area contributed by atoms with Crippen molar-refractivity contribution in [3.63, 3.8) is 0 Å². The van der Waals surface area contributed by atoms with E-state index in [4.69, 9.17) is 0 Å². The summed E-state index contributed by atoms with van der Waals surface area (Å²) < 4.78 is 26.9. The number of para-hydroxylation sites is 1. The van der Waals surface area contributed by atoms with Gasteiger partial charge >= 0.3 is 0 Å². The van der Waals surface area contributed by atoms with Crippen molar-refractivity contribution in [3.8, 4) is 0 Å². The van der Waals surface area contributed by atoms with Crippen LogP contribution in [-0.2, 0) is 15.2 Å². The molecule has 0 saturated carbocycles. The van der Waals surface area contributed by atoms with Crippen molar-refractivity contribution in [1.82, 2.24) is 0 Å². The highest BCUT2D eigenvalue weighted by atomic mass is 19.1. The lowest BCUT2D eigenvalue weighted by molar-refractivity contribution is -0.133. The number of anilines is 2. The molecule has 146 valence electrons. The van der Waals surface area contributed by atoms with Gasteiger partial charge in [0.1, 0.15) is 18.2 Å².